The summed E-state index contributed by atoms with van der Waals surface area (Å²) in [5.74, 6) is 5.42. The molecule has 4 saturated carbocycles. The van der Waals surface area contributed by atoms with Gasteiger partial charge in [-0.05, 0) is 104 Å². The Labute approximate surface area is 208 Å². The standard InChI is InChI=1S/C29H51NO4/c1-4-21-20-23-25-11-10-22(8-7-19-34-27(33)30(15-17-31)16-18-32)28(25,2)14-12-26(23)29(3)13-6-5-9-24(21)29/h21-26,31-32H,4-20H2,1-3H3/t21-,22?,23?,24?,25?,26-,28?,29?/m0/s1. The highest BCUT2D eigenvalue weighted by Crippen LogP contribution is 2.69. The SMILES string of the molecule is CC[C@H]1CC2C3CCC(CCCOC(=O)N(CCO)CCO)C3(C)CC[C@@H]2C2(C)CCCCC12. The number of aliphatic hydroxyl groups is 2. The Balaban J connectivity index is 1.35. The Bertz CT molecular complexity index is 679. The summed E-state index contributed by atoms with van der Waals surface area (Å²) >= 11 is 0. The minimum Gasteiger partial charge on any atom is -0.449 e. The first-order valence-corrected chi connectivity index (χ1v) is 14.5. The van der Waals surface area contributed by atoms with Crippen molar-refractivity contribution in [3.05, 3.63) is 0 Å². The quantitative estimate of drug-likeness (QED) is 0.407. The summed E-state index contributed by atoms with van der Waals surface area (Å²) in [5, 5.41) is 18.3. The Kier molecular flexibility index (Phi) is 8.55. The predicted octanol–water partition coefficient (Wildman–Crippen LogP) is 5.87. The second kappa shape index (κ2) is 11.1. The van der Waals surface area contributed by atoms with Crippen molar-refractivity contribution >= 4 is 6.09 Å². The van der Waals surface area contributed by atoms with E-state index in [1.807, 2.05) is 0 Å². The van der Waals surface area contributed by atoms with E-state index in [0.717, 1.165) is 48.3 Å². The van der Waals surface area contributed by atoms with E-state index in [2.05, 4.69) is 20.8 Å². The molecule has 4 aliphatic rings. The number of ether oxygens (including phenoxy) is 1. The van der Waals surface area contributed by atoms with Crippen LogP contribution in [0.2, 0.25) is 0 Å². The number of hydrogen-bond donors (Lipinski definition) is 2. The van der Waals surface area contributed by atoms with Crippen LogP contribution in [-0.4, -0.2) is 54.1 Å². The number of nitrogens with zero attached hydrogens (tertiary/aromatic N) is 1. The summed E-state index contributed by atoms with van der Waals surface area (Å²) in [6.07, 6.45) is 15.9. The zero-order chi connectivity index (χ0) is 24.3. The van der Waals surface area contributed by atoms with Gasteiger partial charge in [-0.25, -0.2) is 4.79 Å². The first-order valence-electron chi connectivity index (χ1n) is 14.5. The molecule has 0 bridgehead atoms. The van der Waals surface area contributed by atoms with Crippen molar-refractivity contribution in [1.82, 2.24) is 4.90 Å². The largest absolute Gasteiger partial charge is 0.449 e. The molecule has 0 aromatic heterocycles. The van der Waals surface area contributed by atoms with Crippen LogP contribution in [0.1, 0.15) is 97.8 Å². The maximum atomic E-state index is 12.3. The number of rotatable bonds is 9. The lowest BCUT2D eigenvalue weighted by atomic mass is 9.42. The van der Waals surface area contributed by atoms with E-state index >= 15 is 0 Å². The van der Waals surface area contributed by atoms with Gasteiger partial charge in [0, 0.05) is 13.1 Å². The van der Waals surface area contributed by atoms with Crippen molar-refractivity contribution in [2.75, 3.05) is 32.9 Å². The molecule has 1 amide bonds. The van der Waals surface area contributed by atoms with E-state index in [9.17, 15) is 4.79 Å². The van der Waals surface area contributed by atoms with Crippen molar-refractivity contribution < 1.29 is 19.7 Å². The smallest absolute Gasteiger partial charge is 0.409 e. The normalized spacial score (nSPS) is 41.3. The summed E-state index contributed by atoms with van der Waals surface area (Å²) in [5.41, 5.74) is 1.05. The highest BCUT2D eigenvalue weighted by atomic mass is 16.6. The lowest BCUT2D eigenvalue weighted by Gasteiger charge is -2.62. The van der Waals surface area contributed by atoms with Gasteiger partial charge in [0.15, 0.2) is 0 Å². The number of fused-ring (bicyclic) bond motifs is 5. The fourth-order valence-corrected chi connectivity index (χ4v) is 9.72. The van der Waals surface area contributed by atoms with Crippen molar-refractivity contribution in [3.63, 3.8) is 0 Å². The molecule has 5 nitrogen and oxygen atoms in total. The Morgan fingerprint density at radius 3 is 2.38 bits per heavy atom. The second-order valence-corrected chi connectivity index (χ2v) is 12.6. The topological polar surface area (TPSA) is 70.0 Å². The number of amides is 1. The van der Waals surface area contributed by atoms with Gasteiger partial charge in [0.2, 0.25) is 0 Å². The molecule has 0 aliphatic heterocycles. The summed E-state index contributed by atoms with van der Waals surface area (Å²) in [4.78, 5) is 13.6. The molecule has 0 aromatic rings. The molecule has 6 unspecified atom stereocenters. The zero-order valence-corrected chi connectivity index (χ0v) is 22.1. The highest BCUT2D eigenvalue weighted by Gasteiger charge is 2.60. The molecule has 0 radical (unpaired) electrons. The van der Waals surface area contributed by atoms with Crippen molar-refractivity contribution in [2.45, 2.75) is 97.8 Å². The lowest BCUT2D eigenvalue weighted by molar-refractivity contribution is -0.135. The highest BCUT2D eigenvalue weighted by molar-refractivity contribution is 5.67. The third kappa shape index (κ3) is 4.77. The van der Waals surface area contributed by atoms with Crippen LogP contribution in [0.4, 0.5) is 4.79 Å². The van der Waals surface area contributed by atoms with Gasteiger partial charge in [0.25, 0.3) is 0 Å². The van der Waals surface area contributed by atoms with Gasteiger partial charge >= 0.3 is 6.09 Å². The van der Waals surface area contributed by atoms with Crippen LogP contribution in [0, 0.1) is 46.3 Å². The number of carbonyl (C=O) groups is 1. The van der Waals surface area contributed by atoms with E-state index in [4.69, 9.17) is 14.9 Å². The average Bonchev–Trinajstić information content (AvgIpc) is 3.17. The van der Waals surface area contributed by atoms with Crippen molar-refractivity contribution in [1.29, 1.82) is 0 Å². The van der Waals surface area contributed by atoms with Gasteiger partial charge in [-0.15, -0.1) is 0 Å². The Hall–Kier alpha value is -0.810. The van der Waals surface area contributed by atoms with Gasteiger partial charge in [-0.1, -0.05) is 40.0 Å². The molecule has 196 valence electrons. The van der Waals surface area contributed by atoms with Crippen LogP contribution in [0.3, 0.4) is 0 Å². The first kappa shape index (κ1) is 26.3. The third-order valence-corrected chi connectivity index (χ3v) is 11.4. The number of carbonyl (C=O) groups excluding carboxylic acids is 1. The van der Waals surface area contributed by atoms with Gasteiger partial charge in [0.05, 0.1) is 19.8 Å². The van der Waals surface area contributed by atoms with E-state index in [1.54, 1.807) is 0 Å². The molecule has 4 rings (SSSR count). The van der Waals surface area contributed by atoms with Crippen LogP contribution < -0.4 is 0 Å². The van der Waals surface area contributed by atoms with E-state index in [0.29, 0.717) is 17.4 Å². The third-order valence-electron chi connectivity index (χ3n) is 11.4. The molecule has 8 atom stereocenters. The average molecular weight is 478 g/mol. The molecule has 0 saturated heterocycles. The van der Waals surface area contributed by atoms with Crippen LogP contribution in [0.5, 0.6) is 0 Å². The summed E-state index contributed by atoms with van der Waals surface area (Å²) in [6.45, 7) is 8.38. The molecular formula is C29H51NO4. The van der Waals surface area contributed by atoms with E-state index in [1.165, 1.54) is 69.1 Å². The number of aliphatic hydroxyl groups excluding tert-OH is 2. The summed E-state index contributed by atoms with van der Waals surface area (Å²) < 4.78 is 5.49. The van der Waals surface area contributed by atoms with Crippen molar-refractivity contribution in [2.24, 2.45) is 46.3 Å². The van der Waals surface area contributed by atoms with E-state index < -0.39 is 6.09 Å². The number of hydrogen-bond acceptors (Lipinski definition) is 4. The molecule has 5 heteroatoms. The first-order chi connectivity index (χ1) is 16.4. The molecule has 4 fully saturated rings. The maximum Gasteiger partial charge on any atom is 0.409 e. The van der Waals surface area contributed by atoms with Gasteiger partial charge in [-0.2, -0.15) is 0 Å². The lowest BCUT2D eigenvalue weighted by Crippen LogP contribution is -2.55. The molecule has 0 heterocycles. The molecule has 0 spiro atoms. The molecule has 4 aliphatic carbocycles. The van der Waals surface area contributed by atoms with Crippen LogP contribution in [-0.2, 0) is 4.74 Å². The van der Waals surface area contributed by atoms with Crippen molar-refractivity contribution in [3.8, 4) is 0 Å². The Morgan fingerprint density at radius 2 is 1.68 bits per heavy atom. The Morgan fingerprint density at radius 1 is 0.941 bits per heavy atom. The predicted molar refractivity (Wildman–Crippen MR) is 135 cm³/mol. The molecule has 34 heavy (non-hydrogen) atoms. The zero-order valence-electron chi connectivity index (χ0n) is 22.1. The fraction of sp³-hybridized carbons (Fsp3) is 0.966. The van der Waals surface area contributed by atoms with Crippen LogP contribution in [0.25, 0.3) is 0 Å². The van der Waals surface area contributed by atoms with Gasteiger partial charge < -0.3 is 19.8 Å². The molecule has 2 N–H and O–H groups in total. The fourth-order valence-electron chi connectivity index (χ4n) is 9.72. The monoisotopic (exact) mass is 477 g/mol. The molecule has 0 aromatic carbocycles. The van der Waals surface area contributed by atoms with Crippen LogP contribution >= 0.6 is 0 Å². The van der Waals surface area contributed by atoms with E-state index in [-0.39, 0.29) is 26.3 Å². The minimum atomic E-state index is -0.415. The summed E-state index contributed by atoms with van der Waals surface area (Å²) in [6, 6.07) is 0. The maximum absolute atomic E-state index is 12.3. The molecular weight excluding hydrogens is 426 g/mol. The van der Waals surface area contributed by atoms with Gasteiger partial charge in [0.1, 0.15) is 0 Å². The second-order valence-electron chi connectivity index (χ2n) is 12.6. The minimum absolute atomic E-state index is 0.113. The summed E-state index contributed by atoms with van der Waals surface area (Å²) in [7, 11) is 0. The van der Waals surface area contributed by atoms with Gasteiger partial charge in [-0.3, -0.25) is 0 Å². The van der Waals surface area contributed by atoms with Crippen LogP contribution in [0.15, 0.2) is 0 Å².